The standard InChI is InChI=1S/C9H5I3O2/c1-3-6(10)5-4(13)2-14-9(5)8(12)7(3)11/h2H2,1H3. The Labute approximate surface area is 123 Å². The number of ether oxygens (including phenoxy) is 1. The summed E-state index contributed by atoms with van der Waals surface area (Å²) in [6.45, 7) is 2.23. The molecule has 5 heteroatoms. The summed E-state index contributed by atoms with van der Waals surface area (Å²) in [5.41, 5.74) is 1.95. The lowest BCUT2D eigenvalue weighted by Gasteiger charge is -2.09. The molecule has 1 aliphatic heterocycles. The molecule has 1 aromatic carbocycles. The van der Waals surface area contributed by atoms with Gasteiger partial charge in [-0.25, -0.2) is 0 Å². The molecule has 0 saturated heterocycles. The predicted molar refractivity (Wildman–Crippen MR) is 79.2 cm³/mol. The summed E-state index contributed by atoms with van der Waals surface area (Å²) < 4.78 is 8.66. The highest BCUT2D eigenvalue weighted by Crippen LogP contribution is 2.39. The van der Waals surface area contributed by atoms with Gasteiger partial charge in [-0.2, -0.15) is 0 Å². The largest absolute Gasteiger partial charge is 0.483 e. The van der Waals surface area contributed by atoms with Gasteiger partial charge in [0.05, 0.1) is 9.13 Å². The first-order valence-corrected chi connectivity index (χ1v) is 7.10. The molecule has 0 radical (unpaired) electrons. The van der Waals surface area contributed by atoms with E-state index in [9.17, 15) is 4.79 Å². The molecule has 1 aromatic rings. The number of rotatable bonds is 0. The minimum absolute atomic E-state index is 0.0989. The third kappa shape index (κ3) is 1.58. The van der Waals surface area contributed by atoms with E-state index >= 15 is 0 Å². The summed E-state index contributed by atoms with van der Waals surface area (Å²) in [4.78, 5) is 11.6. The van der Waals surface area contributed by atoms with Gasteiger partial charge in [0.1, 0.15) is 5.75 Å². The molecule has 0 fully saturated rings. The normalized spacial score (nSPS) is 14.1. The minimum atomic E-state index is 0.0989. The first-order valence-electron chi connectivity index (χ1n) is 3.87. The SMILES string of the molecule is Cc1c(I)c(I)c2c(c1I)C(=O)CO2. The Morgan fingerprint density at radius 2 is 1.79 bits per heavy atom. The molecule has 0 aromatic heterocycles. The second kappa shape index (κ2) is 4.04. The molecule has 0 spiro atoms. The van der Waals surface area contributed by atoms with Gasteiger partial charge in [-0.15, -0.1) is 0 Å². The van der Waals surface area contributed by atoms with Crippen LogP contribution < -0.4 is 4.74 Å². The van der Waals surface area contributed by atoms with Crippen molar-refractivity contribution < 1.29 is 9.53 Å². The molecule has 0 bridgehead atoms. The lowest BCUT2D eigenvalue weighted by atomic mass is 10.1. The van der Waals surface area contributed by atoms with Crippen LogP contribution in [0.3, 0.4) is 0 Å². The third-order valence-electron chi connectivity index (χ3n) is 2.12. The molecular weight excluding hydrogens is 521 g/mol. The van der Waals surface area contributed by atoms with Crippen LogP contribution in [0.25, 0.3) is 0 Å². The number of hydrogen-bond donors (Lipinski definition) is 0. The van der Waals surface area contributed by atoms with E-state index in [2.05, 4.69) is 67.8 Å². The van der Waals surface area contributed by atoms with Crippen molar-refractivity contribution >= 4 is 73.6 Å². The number of carbonyl (C=O) groups excluding carboxylic acids is 1. The fraction of sp³-hybridized carbons (Fsp3) is 0.222. The fourth-order valence-corrected chi connectivity index (χ4v) is 4.03. The Kier molecular flexibility index (Phi) is 3.28. The van der Waals surface area contributed by atoms with E-state index in [1.807, 2.05) is 6.92 Å². The van der Waals surface area contributed by atoms with Crippen LogP contribution in [-0.2, 0) is 0 Å². The number of fused-ring (bicyclic) bond motifs is 1. The van der Waals surface area contributed by atoms with Crippen molar-refractivity contribution in [1.82, 2.24) is 0 Å². The van der Waals surface area contributed by atoms with Crippen LogP contribution in [0.15, 0.2) is 0 Å². The fourth-order valence-electron chi connectivity index (χ4n) is 1.35. The number of Topliss-reactive ketones (excluding diaryl/α,β-unsaturated/α-hetero) is 1. The zero-order valence-corrected chi connectivity index (χ0v) is 13.6. The number of benzene rings is 1. The average Bonchev–Trinajstić information content (AvgIpc) is 2.54. The van der Waals surface area contributed by atoms with E-state index in [0.29, 0.717) is 0 Å². The molecular formula is C9H5I3O2. The Bertz CT molecular complexity index is 440. The topological polar surface area (TPSA) is 26.3 Å². The van der Waals surface area contributed by atoms with Crippen LogP contribution in [0, 0.1) is 17.6 Å². The molecule has 0 amide bonds. The van der Waals surface area contributed by atoms with Gasteiger partial charge in [-0.3, -0.25) is 4.79 Å². The van der Waals surface area contributed by atoms with Gasteiger partial charge in [-0.1, -0.05) is 0 Å². The van der Waals surface area contributed by atoms with E-state index in [0.717, 1.165) is 18.5 Å². The van der Waals surface area contributed by atoms with Crippen molar-refractivity contribution in [3.05, 3.63) is 21.8 Å². The summed E-state index contributed by atoms with van der Waals surface area (Å²) in [5, 5.41) is 0. The van der Waals surface area contributed by atoms with Gasteiger partial charge in [0.2, 0.25) is 5.78 Å². The van der Waals surface area contributed by atoms with Gasteiger partial charge < -0.3 is 4.74 Å². The third-order valence-corrected chi connectivity index (χ3v) is 6.88. The number of hydrogen-bond acceptors (Lipinski definition) is 2. The number of halogens is 3. The molecule has 1 aliphatic rings. The highest BCUT2D eigenvalue weighted by Gasteiger charge is 2.29. The zero-order chi connectivity index (χ0) is 10.5. The minimum Gasteiger partial charge on any atom is -0.483 e. The smallest absolute Gasteiger partial charge is 0.205 e. The van der Waals surface area contributed by atoms with Crippen LogP contribution in [0.1, 0.15) is 15.9 Å². The lowest BCUT2D eigenvalue weighted by Crippen LogP contribution is -2.02. The van der Waals surface area contributed by atoms with Crippen LogP contribution >= 0.6 is 67.8 Å². The summed E-state index contributed by atoms with van der Waals surface area (Å²) in [7, 11) is 0. The Balaban J connectivity index is 2.84. The van der Waals surface area contributed by atoms with E-state index in [1.54, 1.807) is 0 Å². The monoisotopic (exact) mass is 526 g/mol. The summed E-state index contributed by atoms with van der Waals surface area (Å²) in [6.07, 6.45) is 0. The summed E-state index contributed by atoms with van der Waals surface area (Å²) in [6, 6.07) is 0. The van der Waals surface area contributed by atoms with E-state index in [-0.39, 0.29) is 12.4 Å². The highest BCUT2D eigenvalue weighted by molar-refractivity contribution is 14.1. The maximum absolute atomic E-state index is 11.6. The van der Waals surface area contributed by atoms with E-state index in [4.69, 9.17) is 4.74 Å². The first-order chi connectivity index (χ1) is 6.54. The second-order valence-corrected chi connectivity index (χ2v) is 6.22. The van der Waals surface area contributed by atoms with Crippen molar-refractivity contribution in [1.29, 1.82) is 0 Å². The van der Waals surface area contributed by atoms with Crippen molar-refractivity contribution in [3.8, 4) is 5.75 Å². The van der Waals surface area contributed by atoms with Gasteiger partial charge in [0.25, 0.3) is 0 Å². The molecule has 1 heterocycles. The van der Waals surface area contributed by atoms with Gasteiger partial charge in [0.15, 0.2) is 6.61 Å². The Morgan fingerprint density at radius 3 is 2.43 bits per heavy atom. The zero-order valence-electron chi connectivity index (χ0n) is 7.16. The molecule has 0 saturated carbocycles. The van der Waals surface area contributed by atoms with Crippen LogP contribution in [0.4, 0.5) is 0 Å². The van der Waals surface area contributed by atoms with Crippen LogP contribution in [0.2, 0.25) is 0 Å². The maximum atomic E-state index is 11.6. The second-order valence-electron chi connectivity index (χ2n) is 2.98. The average molecular weight is 526 g/mol. The summed E-state index contributed by atoms with van der Waals surface area (Å²) >= 11 is 6.75. The van der Waals surface area contributed by atoms with E-state index in [1.165, 1.54) is 9.13 Å². The van der Waals surface area contributed by atoms with Gasteiger partial charge in [-0.05, 0) is 80.3 Å². The van der Waals surface area contributed by atoms with Crippen LogP contribution in [0.5, 0.6) is 5.75 Å². The Hall–Kier alpha value is 0.880. The number of carbonyl (C=O) groups is 1. The lowest BCUT2D eigenvalue weighted by molar-refractivity contribution is 0.0960. The quantitative estimate of drug-likeness (QED) is 0.384. The molecule has 0 N–H and O–H groups in total. The molecule has 74 valence electrons. The summed E-state index contributed by atoms with van der Waals surface area (Å²) in [5.74, 6) is 0.872. The van der Waals surface area contributed by atoms with Crippen molar-refractivity contribution in [2.24, 2.45) is 0 Å². The van der Waals surface area contributed by atoms with Gasteiger partial charge in [0, 0.05) is 7.14 Å². The predicted octanol–water partition coefficient (Wildman–Crippen LogP) is 3.38. The molecule has 2 nitrogen and oxygen atoms in total. The number of ketones is 1. The van der Waals surface area contributed by atoms with Crippen molar-refractivity contribution in [3.63, 3.8) is 0 Å². The Morgan fingerprint density at radius 1 is 1.14 bits per heavy atom. The molecule has 0 unspecified atom stereocenters. The van der Waals surface area contributed by atoms with Crippen molar-refractivity contribution in [2.45, 2.75) is 6.92 Å². The van der Waals surface area contributed by atoms with Gasteiger partial charge >= 0.3 is 0 Å². The molecule has 14 heavy (non-hydrogen) atoms. The van der Waals surface area contributed by atoms with Crippen molar-refractivity contribution in [2.75, 3.05) is 6.61 Å². The molecule has 0 aliphatic carbocycles. The van der Waals surface area contributed by atoms with E-state index < -0.39 is 0 Å². The van der Waals surface area contributed by atoms with Crippen LogP contribution in [-0.4, -0.2) is 12.4 Å². The molecule has 2 rings (SSSR count). The highest BCUT2D eigenvalue weighted by atomic mass is 127. The molecule has 0 atom stereocenters. The maximum Gasteiger partial charge on any atom is 0.205 e. The first kappa shape index (κ1) is 11.4.